The maximum Gasteiger partial charge on any atom is 0.274 e. The highest BCUT2D eigenvalue weighted by Gasteiger charge is 2.34. The van der Waals surface area contributed by atoms with Gasteiger partial charge in [0, 0.05) is 37.7 Å². The minimum Gasteiger partial charge on any atom is -0.384 e. The molecule has 1 fully saturated rings. The molecule has 0 aromatic carbocycles. The molecule has 1 saturated heterocycles. The first-order valence-corrected chi connectivity index (χ1v) is 11.4. The molecular weight excluding hydrogens is 447 g/mol. The van der Waals surface area contributed by atoms with Gasteiger partial charge in [0.1, 0.15) is 5.82 Å². The molecule has 1 unspecified atom stereocenters. The van der Waals surface area contributed by atoms with Crippen molar-refractivity contribution in [1.29, 1.82) is 0 Å². The van der Waals surface area contributed by atoms with Crippen LogP contribution in [0, 0.1) is 12.7 Å². The average molecular weight is 473 g/mol. The van der Waals surface area contributed by atoms with Crippen molar-refractivity contribution in [2.45, 2.75) is 32.4 Å². The summed E-state index contributed by atoms with van der Waals surface area (Å²) in [6.45, 7) is 4.99. The fourth-order valence-corrected chi connectivity index (χ4v) is 4.51. The molecule has 2 N–H and O–H groups in total. The van der Waals surface area contributed by atoms with Crippen molar-refractivity contribution in [3.8, 4) is 0 Å². The standard InChI is InChI=1S/C22H25FN6O3S/c1-12-6-17-20(33-12)19(21(31)29-10-16(11-29)26-18(30)4-5-32-3)28-22(27-17)25-13(2)14-7-15(23)9-24-8-14/h6-9,13,16H,4-5,10-11H2,1-3H3,(H,26,30)(H,25,27,28). The maximum absolute atomic E-state index is 13.6. The van der Waals surface area contributed by atoms with Crippen molar-refractivity contribution in [2.24, 2.45) is 0 Å². The number of nitrogens with zero attached hydrogens (tertiary/aromatic N) is 4. The molecule has 0 bridgehead atoms. The number of thiophene rings is 1. The molecular formula is C22H25FN6O3S. The van der Waals surface area contributed by atoms with Gasteiger partial charge in [-0.25, -0.2) is 14.4 Å². The molecule has 9 nitrogen and oxygen atoms in total. The van der Waals surface area contributed by atoms with E-state index in [0.29, 0.717) is 36.5 Å². The number of fused-ring (bicyclic) bond motifs is 1. The lowest BCUT2D eigenvalue weighted by Crippen LogP contribution is -2.61. The third kappa shape index (κ3) is 5.25. The molecule has 0 spiro atoms. The highest BCUT2D eigenvalue weighted by molar-refractivity contribution is 7.19. The van der Waals surface area contributed by atoms with Gasteiger partial charge in [-0.05, 0) is 31.5 Å². The van der Waals surface area contributed by atoms with Gasteiger partial charge in [0.05, 0.1) is 35.1 Å². The molecule has 1 atom stereocenters. The molecule has 4 heterocycles. The molecule has 0 radical (unpaired) electrons. The van der Waals surface area contributed by atoms with Crippen molar-refractivity contribution < 1.29 is 18.7 Å². The third-order valence-electron chi connectivity index (χ3n) is 5.34. The van der Waals surface area contributed by atoms with Crippen LogP contribution in [0.2, 0.25) is 0 Å². The number of amides is 2. The Morgan fingerprint density at radius 1 is 1.30 bits per heavy atom. The first-order valence-electron chi connectivity index (χ1n) is 10.6. The van der Waals surface area contributed by atoms with Gasteiger partial charge in [-0.15, -0.1) is 11.3 Å². The van der Waals surface area contributed by atoms with Crippen LogP contribution in [0.5, 0.6) is 0 Å². The molecule has 4 rings (SSSR count). The van der Waals surface area contributed by atoms with E-state index in [9.17, 15) is 14.0 Å². The first kappa shape index (κ1) is 23.0. The number of nitrogens with one attached hydrogen (secondary N) is 2. The van der Waals surface area contributed by atoms with Crippen LogP contribution in [-0.2, 0) is 9.53 Å². The Morgan fingerprint density at radius 3 is 2.82 bits per heavy atom. The van der Waals surface area contributed by atoms with E-state index < -0.39 is 5.82 Å². The lowest BCUT2D eigenvalue weighted by molar-refractivity contribution is -0.123. The van der Waals surface area contributed by atoms with Gasteiger partial charge in [-0.2, -0.15) is 0 Å². The number of halogens is 1. The van der Waals surface area contributed by atoms with E-state index in [2.05, 4.69) is 25.6 Å². The van der Waals surface area contributed by atoms with Gasteiger partial charge in [0.25, 0.3) is 5.91 Å². The van der Waals surface area contributed by atoms with Gasteiger partial charge in [0.15, 0.2) is 5.69 Å². The lowest BCUT2D eigenvalue weighted by atomic mass is 10.1. The average Bonchev–Trinajstić information content (AvgIpc) is 3.13. The van der Waals surface area contributed by atoms with Crippen molar-refractivity contribution >= 4 is 39.3 Å². The Bertz CT molecular complexity index is 1180. The zero-order valence-electron chi connectivity index (χ0n) is 18.6. The highest BCUT2D eigenvalue weighted by Crippen LogP contribution is 2.30. The summed E-state index contributed by atoms with van der Waals surface area (Å²) in [6, 6.07) is 2.90. The number of pyridine rings is 1. The topological polar surface area (TPSA) is 109 Å². The molecule has 1 aliphatic rings. The molecule has 3 aromatic rings. The monoisotopic (exact) mass is 472 g/mol. The van der Waals surface area contributed by atoms with Crippen LogP contribution >= 0.6 is 11.3 Å². The molecule has 1 aliphatic heterocycles. The third-order valence-corrected chi connectivity index (χ3v) is 6.38. The van der Waals surface area contributed by atoms with E-state index in [-0.39, 0.29) is 36.3 Å². The largest absolute Gasteiger partial charge is 0.384 e. The summed E-state index contributed by atoms with van der Waals surface area (Å²) in [5, 5.41) is 6.04. The molecule has 33 heavy (non-hydrogen) atoms. The summed E-state index contributed by atoms with van der Waals surface area (Å²) in [4.78, 5) is 40.7. The van der Waals surface area contributed by atoms with Gasteiger partial charge < -0.3 is 20.3 Å². The minimum absolute atomic E-state index is 0.0844. The van der Waals surface area contributed by atoms with Crippen LogP contribution in [0.25, 0.3) is 10.2 Å². The Hall–Kier alpha value is -3.18. The van der Waals surface area contributed by atoms with Gasteiger partial charge in [-0.3, -0.25) is 14.6 Å². The second-order valence-corrected chi connectivity index (χ2v) is 9.24. The summed E-state index contributed by atoms with van der Waals surface area (Å²) in [5.74, 6) is -0.455. The number of hydrogen-bond donors (Lipinski definition) is 2. The molecule has 2 amide bonds. The number of hydrogen-bond acceptors (Lipinski definition) is 8. The van der Waals surface area contributed by atoms with Crippen LogP contribution in [0.15, 0.2) is 24.5 Å². The van der Waals surface area contributed by atoms with Crippen molar-refractivity contribution in [3.05, 3.63) is 46.5 Å². The van der Waals surface area contributed by atoms with Crippen LogP contribution in [-0.4, -0.2) is 64.5 Å². The summed E-state index contributed by atoms with van der Waals surface area (Å²) in [6.07, 6.45) is 3.00. The zero-order chi connectivity index (χ0) is 23.5. The molecule has 11 heteroatoms. The van der Waals surface area contributed by atoms with Crippen LogP contribution < -0.4 is 10.6 Å². The maximum atomic E-state index is 13.6. The summed E-state index contributed by atoms with van der Waals surface area (Å²) in [7, 11) is 1.55. The smallest absolute Gasteiger partial charge is 0.274 e. The predicted molar refractivity (Wildman–Crippen MR) is 123 cm³/mol. The summed E-state index contributed by atoms with van der Waals surface area (Å²) < 4.78 is 19.2. The molecule has 0 aliphatic carbocycles. The number of carbonyl (C=O) groups excluding carboxylic acids is 2. The number of methoxy groups -OCH3 is 1. The number of aromatic nitrogens is 3. The van der Waals surface area contributed by atoms with E-state index >= 15 is 0 Å². The number of aryl methyl sites for hydroxylation is 1. The SMILES string of the molecule is COCCC(=O)NC1CN(C(=O)c2nc(NC(C)c3cncc(F)c3)nc3cc(C)sc23)C1. The normalized spacial score (nSPS) is 14.7. The number of carbonyl (C=O) groups is 2. The lowest BCUT2D eigenvalue weighted by Gasteiger charge is -2.39. The first-order chi connectivity index (χ1) is 15.8. The fourth-order valence-electron chi connectivity index (χ4n) is 3.58. The van der Waals surface area contributed by atoms with Gasteiger partial charge in [-0.1, -0.05) is 0 Å². The van der Waals surface area contributed by atoms with E-state index in [1.807, 2.05) is 19.9 Å². The van der Waals surface area contributed by atoms with Crippen molar-refractivity contribution in [2.75, 3.05) is 32.1 Å². The van der Waals surface area contributed by atoms with Gasteiger partial charge in [0.2, 0.25) is 11.9 Å². The van der Waals surface area contributed by atoms with E-state index in [1.165, 1.54) is 17.4 Å². The Labute approximate surface area is 194 Å². The Morgan fingerprint density at radius 2 is 2.09 bits per heavy atom. The number of anilines is 1. The number of likely N-dealkylation sites (tertiary alicyclic amines) is 1. The predicted octanol–water partition coefficient (Wildman–Crippen LogP) is 2.68. The van der Waals surface area contributed by atoms with Gasteiger partial charge >= 0.3 is 0 Å². The fraction of sp³-hybridized carbons (Fsp3) is 0.409. The van der Waals surface area contributed by atoms with Crippen molar-refractivity contribution in [1.82, 2.24) is 25.2 Å². The van der Waals surface area contributed by atoms with E-state index in [1.54, 1.807) is 18.2 Å². The Kier molecular flexibility index (Phi) is 6.80. The second kappa shape index (κ2) is 9.75. The molecule has 3 aromatic heterocycles. The number of rotatable bonds is 8. The quantitative estimate of drug-likeness (QED) is 0.519. The zero-order valence-corrected chi connectivity index (χ0v) is 19.4. The summed E-state index contributed by atoms with van der Waals surface area (Å²) in [5.41, 5.74) is 1.63. The number of ether oxygens (including phenoxy) is 1. The van der Waals surface area contributed by atoms with Crippen LogP contribution in [0.3, 0.4) is 0 Å². The second-order valence-electron chi connectivity index (χ2n) is 7.99. The van der Waals surface area contributed by atoms with Crippen molar-refractivity contribution in [3.63, 3.8) is 0 Å². The van der Waals surface area contributed by atoms with Crippen LogP contribution in [0.4, 0.5) is 10.3 Å². The van der Waals surface area contributed by atoms with E-state index in [0.717, 1.165) is 15.8 Å². The molecule has 174 valence electrons. The van der Waals surface area contributed by atoms with E-state index in [4.69, 9.17) is 4.74 Å². The van der Waals surface area contributed by atoms with Crippen LogP contribution in [0.1, 0.15) is 40.3 Å². The highest BCUT2D eigenvalue weighted by atomic mass is 32.1. The summed E-state index contributed by atoms with van der Waals surface area (Å²) >= 11 is 1.46. The minimum atomic E-state index is -0.427. The Balaban J connectivity index is 1.50. The molecule has 0 saturated carbocycles.